The summed E-state index contributed by atoms with van der Waals surface area (Å²) in [4.78, 5) is 19.6. The number of nitrogens with zero attached hydrogens (tertiary/aromatic N) is 2. The zero-order valence-electron chi connectivity index (χ0n) is 12.8. The largest absolute Gasteiger partial charge is 0.491 e. The summed E-state index contributed by atoms with van der Waals surface area (Å²) in [5, 5.41) is 0. The third-order valence-corrected chi connectivity index (χ3v) is 2.94. The number of hydrogen-bond acceptors (Lipinski definition) is 7. The van der Waals surface area contributed by atoms with Gasteiger partial charge in [0, 0.05) is 12.2 Å². The van der Waals surface area contributed by atoms with E-state index in [1.54, 1.807) is 6.07 Å². The molecule has 8 heteroatoms. The van der Waals surface area contributed by atoms with E-state index in [4.69, 9.17) is 21.1 Å². The Bertz CT molecular complexity index is 678. The molecule has 0 unspecified atom stereocenters. The minimum Gasteiger partial charge on any atom is -0.491 e. The zero-order valence-corrected chi connectivity index (χ0v) is 12.8. The van der Waals surface area contributed by atoms with Crippen LogP contribution in [0.5, 0.6) is 5.75 Å². The second-order valence-corrected chi connectivity index (χ2v) is 4.54. The molecule has 0 radical (unpaired) electrons. The van der Waals surface area contributed by atoms with Crippen LogP contribution in [0.25, 0.3) is 11.3 Å². The summed E-state index contributed by atoms with van der Waals surface area (Å²) in [6, 6.07) is 8.80. The molecule has 122 valence electrons. The first-order valence-corrected chi connectivity index (χ1v) is 7.10. The average molecular weight is 317 g/mol. The highest BCUT2D eigenvalue weighted by atomic mass is 16.5. The molecular formula is C15H19N5O3. The minimum absolute atomic E-state index is 0.0104. The second-order valence-electron chi connectivity index (χ2n) is 4.54. The summed E-state index contributed by atoms with van der Waals surface area (Å²) in [6.07, 6.45) is 0. The van der Waals surface area contributed by atoms with Gasteiger partial charge < -0.3 is 15.2 Å². The van der Waals surface area contributed by atoms with E-state index >= 15 is 0 Å². The maximum atomic E-state index is 11.6. The van der Waals surface area contributed by atoms with Gasteiger partial charge in [0.25, 0.3) is 5.91 Å². The van der Waals surface area contributed by atoms with Crippen molar-refractivity contribution < 1.29 is 14.3 Å². The molecule has 0 saturated heterocycles. The van der Waals surface area contributed by atoms with Gasteiger partial charge in [-0.1, -0.05) is 12.1 Å². The van der Waals surface area contributed by atoms with Crippen molar-refractivity contribution in [3.63, 3.8) is 0 Å². The van der Waals surface area contributed by atoms with Gasteiger partial charge in [-0.25, -0.2) is 15.8 Å². The van der Waals surface area contributed by atoms with Crippen molar-refractivity contribution in [3.05, 3.63) is 36.0 Å². The molecule has 1 aromatic heterocycles. The van der Waals surface area contributed by atoms with E-state index in [-0.39, 0.29) is 11.6 Å². The van der Waals surface area contributed by atoms with Crippen LogP contribution in [0.4, 0.5) is 5.95 Å². The van der Waals surface area contributed by atoms with Gasteiger partial charge in [-0.15, -0.1) is 0 Å². The van der Waals surface area contributed by atoms with Gasteiger partial charge in [0.1, 0.15) is 18.1 Å². The first-order chi connectivity index (χ1) is 11.1. The zero-order chi connectivity index (χ0) is 16.7. The molecule has 0 fully saturated rings. The summed E-state index contributed by atoms with van der Waals surface area (Å²) >= 11 is 0. The monoisotopic (exact) mass is 317 g/mol. The summed E-state index contributed by atoms with van der Waals surface area (Å²) < 4.78 is 10.8. The number of nitrogens with two attached hydrogens (primary N) is 2. The summed E-state index contributed by atoms with van der Waals surface area (Å²) in [5.74, 6) is 5.24. The van der Waals surface area contributed by atoms with Gasteiger partial charge in [-0.3, -0.25) is 10.2 Å². The third-order valence-electron chi connectivity index (χ3n) is 2.94. The number of benzene rings is 1. The second kappa shape index (κ2) is 8.06. The van der Waals surface area contributed by atoms with Crippen molar-refractivity contribution in [1.29, 1.82) is 0 Å². The number of hydrogen-bond donors (Lipinski definition) is 3. The highest BCUT2D eigenvalue weighted by molar-refractivity contribution is 5.93. The Balaban J connectivity index is 2.21. The molecule has 0 aliphatic rings. The van der Waals surface area contributed by atoms with E-state index in [0.717, 1.165) is 5.56 Å². The van der Waals surface area contributed by atoms with Crippen LogP contribution in [-0.2, 0) is 4.74 Å². The predicted octanol–water partition coefficient (Wildman–Crippen LogP) is 0.745. The molecule has 0 bridgehead atoms. The van der Waals surface area contributed by atoms with Crippen molar-refractivity contribution in [2.45, 2.75) is 6.92 Å². The number of anilines is 1. The maximum Gasteiger partial charge on any atom is 0.283 e. The molecule has 2 rings (SSSR count). The molecule has 2 aromatic rings. The lowest BCUT2D eigenvalue weighted by Crippen LogP contribution is -2.31. The fourth-order valence-corrected chi connectivity index (χ4v) is 1.91. The Kier molecular flexibility index (Phi) is 5.84. The van der Waals surface area contributed by atoms with E-state index in [0.29, 0.717) is 31.3 Å². The van der Waals surface area contributed by atoms with Crippen LogP contribution in [0.1, 0.15) is 17.4 Å². The van der Waals surface area contributed by atoms with Gasteiger partial charge >= 0.3 is 0 Å². The van der Waals surface area contributed by atoms with Gasteiger partial charge in [0.2, 0.25) is 5.95 Å². The SMILES string of the molecule is CCOCCOc1cccc(-c2cc(C(=O)NN)nc(N)n2)c1. The van der Waals surface area contributed by atoms with Crippen LogP contribution >= 0.6 is 0 Å². The van der Waals surface area contributed by atoms with E-state index in [9.17, 15) is 4.79 Å². The minimum atomic E-state index is -0.538. The van der Waals surface area contributed by atoms with Crippen molar-refractivity contribution >= 4 is 11.9 Å². The number of amides is 1. The standard InChI is InChI=1S/C15H19N5O3/c1-2-22-6-7-23-11-5-3-4-10(8-11)12-9-13(14(21)20-17)19-15(16)18-12/h3-5,8-9H,2,6-7,17H2,1H3,(H,20,21)(H2,16,18,19). The summed E-state index contributed by atoms with van der Waals surface area (Å²) in [6.45, 7) is 3.54. The molecule has 8 nitrogen and oxygen atoms in total. The van der Waals surface area contributed by atoms with Gasteiger partial charge in [-0.2, -0.15) is 0 Å². The van der Waals surface area contributed by atoms with Crippen molar-refractivity contribution in [3.8, 4) is 17.0 Å². The molecule has 0 saturated carbocycles. The van der Waals surface area contributed by atoms with Crippen LogP contribution in [-0.4, -0.2) is 35.7 Å². The Morgan fingerprint density at radius 1 is 1.26 bits per heavy atom. The van der Waals surface area contributed by atoms with Crippen LogP contribution in [0.3, 0.4) is 0 Å². The van der Waals surface area contributed by atoms with E-state index < -0.39 is 5.91 Å². The number of nitrogens with one attached hydrogen (secondary N) is 1. The Labute approximate surface area is 133 Å². The molecule has 0 spiro atoms. The topological polar surface area (TPSA) is 125 Å². The summed E-state index contributed by atoms with van der Waals surface area (Å²) in [5.41, 5.74) is 9.02. The van der Waals surface area contributed by atoms with Crippen LogP contribution < -0.4 is 21.7 Å². The fraction of sp³-hybridized carbons (Fsp3) is 0.267. The number of hydrazine groups is 1. The van der Waals surface area contributed by atoms with Gasteiger partial charge in [0.05, 0.1) is 12.3 Å². The highest BCUT2D eigenvalue weighted by Gasteiger charge is 2.11. The van der Waals surface area contributed by atoms with Crippen molar-refractivity contribution in [2.75, 3.05) is 25.6 Å². The lowest BCUT2D eigenvalue weighted by Gasteiger charge is -2.09. The molecule has 5 N–H and O–H groups in total. The van der Waals surface area contributed by atoms with Gasteiger partial charge in [-0.05, 0) is 25.1 Å². The Morgan fingerprint density at radius 2 is 2.09 bits per heavy atom. The molecule has 23 heavy (non-hydrogen) atoms. The number of carbonyl (C=O) groups excluding carboxylic acids is 1. The van der Waals surface area contributed by atoms with Crippen LogP contribution in [0.15, 0.2) is 30.3 Å². The van der Waals surface area contributed by atoms with E-state index in [2.05, 4.69) is 9.97 Å². The number of ether oxygens (including phenoxy) is 2. The Morgan fingerprint density at radius 3 is 2.83 bits per heavy atom. The quantitative estimate of drug-likeness (QED) is 0.298. The number of aromatic nitrogens is 2. The van der Waals surface area contributed by atoms with E-state index in [1.807, 2.05) is 30.5 Å². The van der Waals surface area contributed by atoms with Crippen molar-refractivity contribution in [2.24, 2.45) is 5.84 Å². The lowest BCUT2D eigenvalue weighted by molar-refractivity contribution is 0.0948. The highest BCUT2D eigenvalue weighted by Crippen LogP contribution is 2.23. The van der Waals surface area contributed by atoms with Crippen LogP contribution in [0.2, 0.25) is 0 Å². The fourth-order valence-electron chi connectivity index (χ4n) is 1.91. The number of rotatable bonds is 7. The first-order valence-electron chi connectivity index (χ1n) is 7.10. The smallest absolute Gasteiger partial charge is 0.283 e. The first kappa shape index (κ1) is 16.7. The number of nitrogen functional groups attached to an aromatic ring is 2. The Hall–Kier alpha value is -2.71. The van der Waals surface area contributed by atoms with E-state index in [1.165, 1.54) is 6.07 Å². The molecule has 1 aromatic carbocycles. The van der Waals surface area contributed by atoms with Crippen molar-refractivity contribution in [1.82, 2.24) is 15.4 Å². The summed E-state index contributed by atoms with van der Waals surface area (Å²) in [7, 11) is 0. The third kappa shape index (κ3) is 4.63. The molecular weight excluding hydrogens is 298 g/mol. The molecule has 0 aliphatic carbocycles. The number of carbonyl (C=O) groups is 1. The molecule has 1 heterocycles. The van der Waals surface area contributed by atoms with Crippen LogP contribution in [0, 0.1) is 0 Å². The maximum absolute atomic E-state index is 11.6. The average Bonchev–Trinajstić information content (AvgIpc) is 2.57. The molecule has 1 amide bonds. The molecule has 0 aliphatic heterocycles. The van der Waals surface area contributed by atoms with Gasteiger partial charge in [0.15, 0.2) is 0 Å². The lowest BCUT2D eigenvalue weighted by atomic mass is 10.1. The normalized spacial score (nSPS) is 10.3. The predicted molar refractivity (Wildman–Crippen MR) is 85.5 cm³/mol. The molecule has 0 atom stereocenters.